The Kier molecular flexibility index (Phi) is 6.96. The first-order chi connectivity index (χ1) is 10.1. The van der Waals surface area contributed by atoms with Crippen molar-refractivity contribution in [3.05, 3.63) is 0 Å². The normalized spacial score (nSPS) is 25.5. The van der Waals surface area contributed by atoms with E-state index >= 15 is 0 Å². The standard InChI is InChI=1S/C16H32N2O2S/c1-18-13-6-10-16(18)9-5-12-17-21(19,20)14-11-15-7-3-2-4-8-15/h15-17H,2-14H2,1H3/t16-/m1/s1. The highest BCUT2D eigenvalue weighted by Gasteiger charge is 2.21. The van der Waals surface area contributed by atoms with Crippen LogP contribution in [-0.4, -0.2) is 45.2 Å². The van der Waals surface area contributed by atoms with Gasteiger partial charge >= 0.3 is 0 Å². The lowest BCUT2D eigenvalue weighted by atomic mass is 9.88. The molecule has 124 valence electrons. The summed E-state index contributed by atoms with van der Waals surface area (Å²) in [6.07, 6.45) is 11.8. The number of hydrogen-bond donors (Lipinski definition) is 1. The SMILES string of the molecule is CN1CCC[C@H]1CCCNS(=O)(=O)CCC1CCCCC1. The zero-order chi connectivity index (χ0) is 15.1. The predicted octanol–water partition coefficient (Wildman–Crippen LogP) is 2.75. The smallest absolute Gasteiger partial charge is 0.211 e. The Balaban J connectivity index is 1.57. The van der Waals surface area contributed by atoms with Crippen LogP contribution in [0.25, 0.3) is 0 Å². The molecule has 2 fully saturated rings. The summed E-state index contributed by atoms with van der Waals surface area (Å²) in [5.41, 5.74) is 0. The molecule has 0 aromatic heterocycles. The molecule has 1 heterocycles. The third-order valence-corrected chi connectivity index (χ3v) is 6.64. The van der Waals surface area contributed by atoms with Crippen molar-refractivity contribution in [2.24, 2.45) is 5.92 Å². The number of nitrogens with zero attached hydrogens (tertiary/aromatic N) is 1. The van der Waals surface area contributed by atoms with Gasteiger partial charge in [0.15, 0.2) is 0 Å². The molecule has 1 atom stereocenters. The molecule has 0 aromatic rings. The fourth-order valence-corrected chi connectivity index (χ4v) is 5.02. The van der Waals surface area contributed by atoms with Gasteiger partial charge < -0.3 is 4.90 Å². The van der Waals surface area contributed by atoms with Crippen LogP contribution in [0.1, 0.15) is 64.2 Å². The van der Waals surface area contributed by atoms with Gasteiger partial charge in [-0.05, 0) is 51.6 Å². The number of sulfonamides is 1. The van der Waals surface area contributed by atoms with Gasteiger partial charge in [0.2, 0.25) is 10.0 Å². The quantitative estimate of drug-likeness (QED) is 0.701. The van der Waals surface area contributed by atoms with Crippen molar-refractivity contribution in [1.29, 1.82) is 0 Å². The zero-order valence-electron chi connectivity index (χ0n) is 13.5. The first kappa shape index (κ1) is 17.2. The first-order valence-electron chi connectivity index (χ1n) is 8.74. The van der Waals surface area contributed by atoms with Gasteiger partial charge in [-0.15, -0.1) is 0 Å². The van der Waals surface area contributed by atoms with Gasteiger partial charge in [-0.1, -0.05) is 32.1 Å². The number of nitrogens with one attached hydrogen (secondary N) is 1. The summed E-state index contributed by atoms with van der Waals surface area (Å²) >= 11 is 0. The van der Waals surface area contributed by atoms with Crippen molar-refractivity contribution in [1.82, 2.24) is 9.62 Å². The van der Waals surface area contributed by atoms with Gasteiger partial charge in [-0.25, -0.2) is 13.1 Å². The average molecular weight is 317 g/mol. The summed E-state index contributed by atoms with van der Waals surface area (Å²) in [5, 5.41) is 0. The van der Waals surface area contributed by atoms with E-state index in [4.69, 9.17) is 0 Å². The van der Waals surface area contributed by atoms with E-state index in [9.17, 15) is 8.42 Å². The van der Waals surface area contributed by atoms with Crippen molar-refractivity contribution >= 4 is 10.0 Å². The lowest BCUT2D eigenvalue weighted by Gasteiger charge is -2.21. The molecule has 2 rings (SSSR count). The van der Waals surface area contributed by atoms with E-state index in [1.165, 1.54) is 51.5 Å². The van der Waals surface area contributed by atoms with Crippen LogP contribution in [0, 0.1) is 5.92 Å². The van der Waals surface area contributed by atoms with Crippen LogP contribution in [0.3, 0.4) is 0 Å². The molecule has 0 bridgehead atoms. The molecule has 4 nitrogen and oxygen atoms in total. The molecule has 0 amide bonds. The van der Waals surface area contributed by atoms with E-state index in [0.29, 0.717) is 24.3 Å². The molecule has 1 aliphatic heterocycles. The molecule has 1 N–H and O–H groups in total. The fourth-order valence-electron chi connectivity index (χ4n) is 3.78. The molecule has 21 heavy (non-hydrogen) atoms. The maximum absolute atomic E-state index is 12.0. The Morgan fingerprint density at radius 1 is 1.05 bits per heavy atom. The average Bonchev–Trinajstić information content (AvgIpc) is 2.88. The topological polar surface area (TPSA) is 49.4 Å². The second-order valence-electron chi connectivity index (χ2n) is 6.92. The summed E-state index contributed by atoms with van der Waals surface area (Å²) in [5.74, 6) is 0.962. The molecular weight excluding hydrogens is 284 g/mol. The van der Waals surface area contributed by atoms with Gasteiger partial charge in [0.25, 0.3) is 0 Å². The molecule has 1 saturated heterocycles. The van der Waals surface area contributed by atoms with E-state index in [1.54, 1.807) is 0 Å². The molecule has 0 unspecified atom stereocenters. The summed E-state index contributed by atoms with van der Waals surface area (Å²) in [6, 6.07) is 0.664. The molecule has 0 aromatic carbocycles. The van der Waals surface area contributed by atoms with E-state index in [0.717, 1.165) is 19.3 Å². The maximum Gasteiger partial charge on any atom is 0.211 e. The Hall–Kier alpha value is -0.130. The van der Waals surface area contributed by atoms with Crippen LogP contribution >= 0.6 is 0 Å². The van der Waals surface area contributed by atoms with Gasteiger partial charge in [0.05, 0.1) is 5.75 Å². The second kappa shape index (κ2) is 8.49. The fraction of sp³-hybridized carbons (Fsp3) is 1.00. The van der Waals surface area contributed by atoms with E-state index in [-0.39, 0.29) is 0 Å². The Morgan fingerprint density at radius 3 is 2.48 bits per heavy atom. The van der Waals surface area contributed by atoms with Crippen LogP contribution < -0.4 is 4.72 Å². The minimum absolute atomic E-state index is 0.320. The number of hydrogen-bond acceptors (Lipinski definition) is 3. The highest BCUT2D eigenvalue weighted by molar-refractivity contribution is 7.89. The lowest BCUT2D eigenvalue weighted by Crippen LogP contribution is -2.30. The van der Waals surface area contributed by atoms with Gasteiger partial charge in [0.1, 0.15) is 0 Å². The minimum Gasteiger partial charge on any atom is -0.303 e. The molecule has 5 heteroatoms. The van der Waals surface area contributed by atoms with Crippen LogP contribution in [0.4, 0.5) is 0 Å². The lowest BCUT2D eigenvalue weighted by molar-refractivity contribution is 0.292. The molecule has 2 aliphatic rings. The molecule has 1 saturated carbocycles. The largest absolute Gasteiger partial charge is 0.303 e. The third kappa shape index (κ3) is 6.25. The van der Waals surface area contributed by atoms with Crippen molar-refractivity contribution in [2.45, 2.75) is 70.3 Å². The number of likely N-dealkylation sites (tertiary alicyclic amines) is 1. The third-order valence-electron chi connectivity index (χ3n) is 5.23. The summed E-state index contributed by atoms with van der Waals surface area (Å²) in [6.45, 7) is 1.80. The monoisotopic (exact) mass is 316 g/mol. The molecule has 0 radical (unpaired) electrons. The van der Waals surface area contributed by atoms with E-state index in [2.05, 4.69) is 16.7 Å². The molecular formula is C16H32N2O2S. The van der Waals surface area contributed by atoms with Crippen LogP contribution in [0.5, 0.6) is 0 Å². The predicted molar refractivity (Wildman–Crippen MR) is 87.9 cm³/mol. The van der Waals surface area contributed by atoms with Gasteiger partial charge in [-0.2, -0.15) is 0 Å². The van der Waals surface area contributed by atoms with Crippen molar-refractivity contribution in [3.8, 4) is 0 Å². The Morgan fingerprint density at radius 2 is 1.81 bits per heavy atom. The van der Waals surface area contributed by atoms with E-state index in [1.807, 2.05) is 0 Å². The van der Waals surface area contributed by atoms with Gasteiger partial charge in [0, 0.05) is 12.6 Å². The molecule has 0 spiro atoms. The second-order valence-corrected chi connectivity index (χ2v) is 8.85. The van der Waals surface area contributed by atoms with Crippen molar-refractivity contribution in [3.63, 3.8) is 0 Å². The van der Waals surface area contributed by atoms with Crippen LogP contribution in [0.15, 0.2) is 0 Å². The zero-order valence-corrected chi connectivity index (χ0v) is 14.3. The minimum atomic E-state index is -3.05. The summed E-state index contributed by atoms with van der Waals surface area (Å²) in [4.78, 5) is 2.40. The van der Waals surface area contributed by atoms with Crippen LogP contribution in [-0.2, 0) is 10.0 Å². The summed E-state index contributed by atoms with van der Waals surface area (Å²) in [7, 11) is -0.881. The number of rotatable bonds is 8. The van der Waals surface area contributed by atoms with E-state index < -0.39 is 10.0 Å². The molecule has 1 aliphatic carbocycles. The van der Waals surface area contributed by atoms with Crippen LogP contribution in [0.2, 0.25) is 0 Å². The van der Waals surface area contributed by atoms with Crippen molar-refractivity contribution < 1.29 is 8.42 Å². The first-order valence-corrected chi connectivity index (χ1v) is 10.4. The maximum atomic E-state index is 12.0. The van der Waals surface area contributed by atoms with Crippen molar-refractivity contribution in [2.75, 3.05) is 25.9 Å². The summed E-state index contributed by atoms with van der Waals surface area (Å²) < 4.78 is 26.8. The Labute approximate surface area is 130 Å². The highest BCUT2D eigenvalue weighted by Crippen LogP contribution is 2.26. The van der Waals surface area contributed by atoms with Gasteiger partial charge in [-0.3, -0.25) is 0 Å². The Bertz CT molecular complexity index is 391. The highest BCUT2D eigenvalue weighted by atomic mass is 32.2.